The number of rotatable bonds is 2. The summed E-state index contributed by atoms with van der Waals surface area (Å²) in [5, 5.41) is 0. The predicted molar refractivity (Wildman–Crippen MR) is 91.8 cm³/mol. The van der Waals surface area contributed by atoms with Crippen LogP contribution in [-0.4, -0.2) is 4.98 Å². The van der Waals surface area contributed by atoms with E-state index in [1.165, 1.54) is 40.8 Å². The fourth-order valence-electron chi connectivity index (χ4n) is 3.34. The van der Waals surface area contributed by atoms with Gasteiger partial charge in [-0.25, -0.2) is 0 Å². The van der Waals surface area contributed by atoms with Gasteiger partial charge in [0.25, 0.3) is 0 Å². The Morgan fingerprint density at radius 2 is 1.32 bits per heavy atom. The summed E-state index contributed by atoms with van der Waals surface area (Å²) in [4.78, 5) is 4.97. The molecule has 0 spiro atoms. The Hall–Kier alpha value is -2.41. The first kappa shape index (κ1) is 13.3. The van der Waals surface area contributed by atoms with Crippen molar-refractivity contribution < 1.29 is 0 Å². The van der Waals surface area contributed by atoms with Crippen LogP contribution in [0.25, 0.3) is 22.4 Å². The van der Waals surface area contributed by atoms with Crippen LogP contribution >= 0.6 is 0 Å². The number of hydrogen-bond acceptors (Lipinski definition) is 1. The number of benzene rings is 2. The Morgan fingerprint density at radius 3 is 2.05 bits per heavy atom. The van der Waals surface area contributed by atoms with Gasteiger partial charge in [0.15, 0.2) is 0 Å². The van der Waals surface area contributed by atoms with E-state index in [1.807, 2.05) is 0 Å². The van der Waals surface area contributed by atoms with Gasteiger partial charge in [0.2, 0.25) is 0 Å². The summed E-state index contributed by atoms with van der Waals surface area (Å²) in [7, 11) is 0. The molecule has 0 amide bonds. The van der Waals surface area contributed by atoms with Gasteiger partial charge in [0, 0.05) is 11.3 Å². The maximum Gasteiger partial charge on any atom is 0.0711 e. The highest BCUT2D eigenvalue weighted by atomic mass is 14.7. The number of aryl methyl sites for hydroxylation is 1. The van der Waals surface area contributed by atoms with E-state index < -0.39 is 0 Å². The van der Waals surface area contributed by atoms with E-state index in [0.29, 0.717) is 0 Å². The summed E-state index contributed by atoms with van der Waals surface area (Å²) >= 11 is 0. The van der Waals surface area contributed by atoms with Crippen LogP contribution in [0.3, 0.4) is 0 Å². The van der Waals surface area contributed by atoms with Crippen molar-refractivity contribution in [2.75, 3.05) is 0 Å². The lowest BCUT2D eigenvalue weighted by Crippen LogP contribution is -2.08. The molecule has 1 aromatic heterocycles. The second kappa shape index (κ2) is 5.76. The van der Waals surface area contributed by atoms with Crippen molar-refractivity contribution in [2.24, 2.45) is 0 Å². The molecule has 1 aliphatic rings. The highest BCUT2D eigenvalue weighted by Crippen LogP contribution is 2.33. The van der Waals surface area contributed by atoms with Gasteiger partial charge >= 0.3 is 0 Å². The van der Waals surface area contributed by atoms with E-state index in [2.05, 4.69) is 66.7 Å². The Labute approximate surface area is 131 Å². The van der Waals surface area contributed by atoms with Crippen LogP contribution < -0.4 is 0 Å². The quantitative estimate of drug-likeness (QED) is 0.623. The van der Waals surface area contributed by atoms with Gasteiger partial charge in [-0.3, -0.25) is 4.98 Å². The molecule has 1 heteroatoms. The second-order valence-electron chi connectivity index (χ2n) is 5.92. The number of aromatic nitrogens is 1. The first-order valence-corrected chi connectivity index (χ1v) is 8.05. The normalized spacial score (nSPS) is 13.6. The molecule has 0 N–H and O–H groups in total. The van der Waals surface area contributed by atoms with E-state index in [4.69, 9.17) is 4.98 Å². The third kappa shape index (κ3) is 2.43. The van der Waals surface area contributed by atoms with Gasteiger partial charge in [-0.05, 0) is 48.4 Å². The molecular weight excluding hydrogens is 266 g/mol. The zero-order valence-corrected chi connectivity index (χ0v) is 12.6. The summed E-state index contributed by atoms with van der Waals surface area (Å²) in [6.45, 7) is 0. The van der Waals surface area contributed by atoms with Gasteiger partial charge in [0.05, 0.1) is 5.69 Å². The molecular formula is C21H19N. The summed E-state index contributed by atoms with van der Waals surface area (Å²) in [5.41, 5.74) is 7.72. The molecule has 22 heavy (non-hydrogen) atoms. The fourth-order valence-corrected chi connectivity index (χ4v) is 3.34. The second-order valence-corrected chi connectivity index (χ2v) is 5.92. The lowest BCUT2D eigenvalue weighted by molar-refractivity contribution is 0.670. The third-order valence-corrected chi connectivity index (χ3v) is 4.45. The molecule has 2 aromatic carbocycles. The zero-order chi connectivity index (χ0) is 14.8. The molecule has 0 bridgehead atoms. The molecule has 4 rings (SSSR count). The molecule has 0 fully saturated rings. The predicted octanol–water partition coefficient (Wildman–Crippen LogP) is 5.29. The first-order chi connectivity index (χ1) is 10.9. The van der Waals surface area contributed by atoms with Gasteiger partial charge in [-0.2, -0.15) is 0 Å². The minimum Gasteiger partial charge on any atom is -0.253 e. The average molecular weight is 285 g/mol. The SMILES string of the molecule is c1ccc(-c2cc(-c3ccccc3)c3c(n2)CCCC3)cc1. The van der Waals surface area contributed by atoms with Crippen molar-refractivity contribution >= 4 is 0 Å². The van der Waals surface area contributed by atoms with Gasteiger partial charge in [-0.15, -0.1) is 0 Å². The molecule has 108 valence electrons. The molecule has 0 atom stereocenters. The highest BCUT2D eigenvalue weighted by molar-refractivity contribution is 5.74. The molecule has 0 saturated carbocycles. The van der Waals surface area contributed by atoms with Crippen molar-refractivity contribution in [1.82, 2.24) is 4.98 Å². The molecule has 1 aliphatic carbocycles. The lowest BCUT2D eigenvalue weighted by atomic mass is 9.88. The number of pyridine rings is 1. The summed E-state index contributed by atoms with van der Waals surface area (Å²) in [6.07, 6.45) is 4.79. The smallest absolute Gasteiger partial charge is 0.0711 e. The van der Waals surface area contributed by atoms with Crippen LogP contribution in [0, 0.1) is 0 Å². The molecule has 0 saturated heterocycles. The van der Waals surface area contributed by atoms with E-state index >= 15 is 0 Å². The molecule has 0 unspecified atom stereocenters. The van der Waals surface area contributed by atoms with Crippen LogP contribution in [0.15, 0.2) is 66.7 Å². The monoisotopic (exact) mass is 285 g/mol. The largest absolute Gasteiger partial charge is 0.253 e. The Morgan fingerprint density at radius 1 is 0.682 bits per heavy atom. The Kier molecular flexibility index (Phi) is 3.48. The van der Waals surface area contributed by atoms with Crippen LogP contribution in [0.2, 0.25) is 0 Å². The number of hydrogen-bond donors (Lipinski definition) is 0. The molecule has 1 nitrogen and oxygen atoms in total. The van der Waals surface area contributed by atoms with E-state index in [0.717, 1.165) is 18.5 Å². The van der Waals surface area contributed by atoms with Crippen LogP contribution in [0.5, 0.6) is 0 Å². The Bertz CT molecular complexity index is 776. The van der Waals surface area contributed by atoms with E-state index in [9.17, 15) is 0 Å². The number of nitrogens with zero attached hydrogens (tertiary/aromatic N) is 1. The van der Waals surface area contributed by atoms with E-state index in [1.54, 1.807) is 0 Å². The molecule has 0 radical (unpaired) electrons. The van der Waals surface area contributed by atoms with Gasteiger partial charge in [0.1, 0.15) is 0 Å². The van der Waals surface area contributed by atoms with Crippen molar-refractivity contribution in [2.45, 2.75) is 25.7 Å². The van der Waals surface area contributed by atoms with Crippen molar-refractivity contribution in [3.8, 4) is 22.4 Å². The maximum atomic E-state index is 4.97. The fraction of sp³-hybridized carbons (Fsp3) is 0.190. The molecule has 1 heterocycles. The highest BCUT2D eigenvalue weighted by Gasteiger charge is 2.17. The third-order valence-electron chi connectivity index (χ3n) is 4.45. The van der Waals surface area contributed by atoms with E-state index in [-0.39, 0.29) is 0 Å². The lowest BCUT2D eigenvalue weighted by Gasteiger charge is -2.20. The van der Waals surface area contributed by atoms with Crippen LogP contribution in [-0.2, 0) is 12.8 Å². The topological polar surface area (TPSA) is 12.9 Å². The van der Waals surface area contributed by atoms with Crippen molar-refractivity contribution in [3.63, 3.8) is 0 Å². The zero-order valence-electron chi connectivity index (χ0n) is 12.6. The summed E-state index contributed by atoms with van der Waals surface area (Å²) in [6, 6.07) is 23.5. The number of fused-ring (bicyclic) bond motifs is 1. The minimum absolute atomic E-state index is 1.10. The van der Waals surface area contributed by atoms with Crippen molar-refractivity contribution in [1.29, 1.82) is 0 Å². The van der Waals surface area contributed by atoms with Gasteiger partial charge < -0.3 is 0 Å². The Balaban J connectivity index is 1.92. The summed E-state index contributed by atoms with van der Waals surface area (Å²) < 4.78 is 0. The van der Waals surface area contributed by atoms with Gasteiger partial charge in [-0.1, -0.05) is 60.7 Å². The molecule has 3 aromatic rings. The first-order valence-electron chi connectivity index (χ1n) is 8.05. The standard InChI is InChI=1S/C21H19N/c1-3-9-16(10-4-1)19-15-21(17-11-5-2-6-12-17)22-20-14-8-7-13-18(19)20/h1-6,9-12,15H,7-8,13-14H2. The average Bonchev–Trinajstić information content (AvgIpc) is 2.62. The maximum absolute atomic E-state index is 4.97. The minimum atomic E-state index is 1.10. The van der Waals surface area contributed by atoms with Crippen LogP contribution in [0.4, 0.5) is 0 Å². The summed E-state index contributed by atoms with van der Waals surface area (Å²) in [5.74, 6) is 0. The van der Waals surface area contributed by atoms with Crippen LogP contribution in [0.1, 0.15) is 24.1 Å². The molecule has 0 aliphatic heterocycles. The van der Waals surface area contributed by atoms with Crippen molar-refractivity contribution in [3.05, 3.63) is 78.0 Å².